The van der Waals surface area contributed by atoms with Crippen LogP contribution in [-0.4, -0.2) is 0 Å². The number of nitrogens with zero attached hydrogens (tertiary/aromatic N) is 2. The maximum Gasteiger partial charge on any atom is 0.133 e. The Hall–Kier alpha value is -2.58. The first-order valence-electron chi connectivity index (χ1n) is 7.62. The minimum Gasteiger partial charge on any atom is -0.192 e. The van der Waals surface area contributed by atoms with Gasteiger partial charge in [0.05, 0.1) is 0 Å². The van der Waals surface area contributed by atoms with Crippen LogP contribution in [0, 0.1) is 48.3 Å². The van der Waals surface area contributed by atoms with Crippen LogP contribution in [0.4, 0.5) is 0 Å². The molecule has 0 fully saturated rings. The Morgan fingerprint density at radius 2 is 1.86 bits per heavy atom. The Labute approximate surface area is 131 Å². The van der Waals surface area contributed by atoms with E-state index in [-0.39, 0.29) is 11.5 Å². The Kier molecular flexibility index (Phi) is 3.70. The van der Waals surface area contributed by atoms with Crippen molar-refractivity contribution in [2.45, 2.75) is 26.2 Å². The summed E-state index contributed by atoms with van der Waals surface area (Å²) in [5, 5.41) is 18.5. The highest BCUT2D eigenvalue weighted by molar-refractivity contribution is 5.51. The van der Waals surface area contributed by atoms with E-state index < -0.39 is 0 Å². The molecule has 0 heterocycles. The molecule has 4 rings (SSSR count). The molecule has 0 N–H and O–H groups in total. The Morgan fingerprint density at radius 3 is 2.59 bits per heavy atom. The molecule has 0 saturated heterocycles. The van der Waals surface area contributed by atoms with E-state index in [2.05, 4.69) is 62.4 Å². The zero-order valence-corrected chi connectivity index (χ0v) is 12.9. The molecule has 0 amide bonds. The Morgan fingerprint density at radius 1 is 1.09 bits per heavy atom. The van der Waals surface area contributed by atoms with Crippen molar-refractivity contribution < 1.29 is 0 Å². The lowest BCUT2D eigenvalue weighted by Crippen LogP contribution is -2.19. The fourth-order valence-corrected chi connectivity index (χ4v) is 3.60. The summed E-state index contributed by atoms with van der Waals surface area (Å²) in [7, 11) is 0. The average Bonchev–Trinajstić information content (AvgIpc) is 2.83. The molecule has 22 heavy (non-hydrogen) atoms. The van der Waals surface area contributed by atoms with Gasteiger partial charge in [0.25, 0.3) is 0 Å². The lowest BCUT2D eigenvalue weighted by atomic mass is 9.72. The maximum atomic E-state index is 9.26. The number of allylic oxidation sites excluding steroid dienone is 6. The van der Waals surface area contributed by atoms with Crippen molar-refractivity contribution in [1.82, 2.24) is 0 Å². The fourth-order valence-electron chi connectivity index (χ4n) is 3.60. The van der Waals surface area contributed by atoms with Crippen LogP contribution in [0.1, 0.15) is 29.0 Å². The SMILES string of the molecule is Cc1ccc(C)c(C2CC3C=CC(=C(C#N)C#N)C2C=C3)c1. The highest BCUT2D eigenvalue weighted by Crippen LogP contribution is 2.45. The Balaban J connectivity index is 2.15. The number of benzene rings is 1. The number of rotatable bonds is 1. The van der Waals surface area contributed by atoms with Gasteiger partial charge in [-0.2, -0.15) is 10.5 Å². The third-order valence-corrected chi connectivity index (χ3v) is 4.75. The van der Waals surface area contributed by atoms with Gasteiger partial charge in [0, 0.05) is 5.92 Å². The first-order valence-corrected chi connectivity index (χ1v) is 7.62. The van der Waals surface area contributed by atoms with E-state index in [1.807, 2.05) is 6.08 Å². The summed E-state index contributed by atoms with van der Waals surface area (Å²) in [5.41, 5.74) is 4.99. The van der Waals surface area contributed by atoms with E-state index >= 15 is 0 Å². The average molecular weight is 286 g/mol. The molecule has 3 aliphatic rings. The van der Waals surface area contributed by atoms with Gasteiger partial charge < -0.3 is 0 Å². The summed E-state index contributed by atoms with van der Waals surface area (Å²) in [5.74, 6) is 0.832. The van der Waals surface area contributed by atoms with E-state index in [9.17, 15) is 10.5 Å². The van der Waals surface area contributed by atoms with Gasteiger partial charge in [-0.25, -0.2) is 0 Å². The van der Waals surface area contributed by atoms with Gasteiger partial charge in [0.1, 0.15) is 17.7 Å². The lowest BCUT2D eigenvalue weighted by Gasteiger charge is -2.31. The van der Waals surface area contributed by atoms with Gasteiger partial charge in [-0.15, -0.1) is 0 Å². The zero-order chi connectivity index (χ0) is 15.7. The van der Waals surface area contributed by atoms with Crippen molar-refractivity contribution in [2.75, 3.05) is 0 Å². The van der Waals surface area contributed by atoms with Gasteiger partial charge >= 0.3 is 0 Å². The van der Waals surface area contributed by atoms with Crippen LogP contribution in [0.25, 0.3) is 0 Å². The summed E-state index contributed by atoms with van der Waals surface area (Å²) in [6, 6.07) is 10.7. The third kappa shape index (κ3) is 2.38. The van der Waals surface area contributed by atoms with E-state index in [0.29, 0.717) is 11.8 Å². The molecule has 1 aromatic carbocycles. The smallest absolute Gasteiger partial charge is 0.133 e. The summed E-state index contributed by atoms with van der Waals surface area (Å²) in [6.07, 6.45) is 9.55. The molecular weight excluding hydrogens is 268 g/mol. The lowest BCUT2D eigenvalue weighted by molar-refractivity contribution is 0.479. The van der Waals surface area contributed by atoms with E-state index in [0.717, 1.165) is 12.0 Å². The van der Waals surface area contributed by atoms with Crippen molar-refractivity contribution in [1.29, 1.82) is 10.5 Å². The molecule has 0 aromatic heterocycles. The summed E-state index contributed by atoms with van der Waals surface area (Å²) in [4.78, 5) is 0. The molecule has 2 bridgehead atoms. The van der Waals surface area contributed by atoms with Crippen molar-refractivity contribution in [3.63, 3.8) is 0 Å². The van der Waals surface area contributed by atoms with Gasteiger partial charge in [0.15, 0.2) is 0 Å². The van der Waals surface area contributed by atoms with Crippen LogP contribution >= 0.6 is 0 Å². The Bertz CT molecular complexity index is 765. The second kappa shape index (κ2) is 5.66. The van der Waals surface area contributed by atoms with Crippen molar-refractivity contribution in [3.05, 3.63) is 70.3 Å². The van der Waals surface area contributed by atoms with Gasteiger partial charge in [-0.3, -0.25) is 0 Å². The van der Waals surface area contributed by atoms with Crippen molar-refractivity contribution in [3.8, 4) is 12.1 Å². The molecule has 2 heteroatoms. The van der Waals surface area contributed by atoms with Crippen molar-refractivity contribution in [2.24, 2.45) is 11.8 Å². The molecule has 0 radical (unpaired) electrons. The predicted molar refractivity (Wildman–Crippen MR) is 86.8 cm³/mol. The molecule has 108 valence electrons. The number of nitriles is 2. The number of aryl methyl sites for hydroxylation is 2. The number of fused-ring (bicyclic) bond motifs is 2. The van der Waals surface area contributed by atoms with Gasteiger partial charge in [0.2, 0.25) is 0 Å². The number of hydrogen-bond acceptors (Lipinski definition) is 2. The second-order valence-electron chi connectivity index (χ2n) is 6.19. The minimum atomic E-state index is 0.116. The largest absolute Gasteiger partial charge is 0.192 e. The number of hydrogen-bond donors (Lipinski definition) is 0. The molecule has 3 aliphatic carbocycles. The van der Waals surface area contributed by atoms with Crippen molar-refractivity contribution >= 4 is 0 Å². The first kappa shape index (κ1) is 14.4. The minimum absolute atomic E-state index is 0.116. The van der Waals surface area contributed by atoms with Gasteiger partial charge in [-0.1, -0.05) is 48.1 Å². The van der Waals surface area contributed by atoms with Crippen LogP contribution in [0.2, 0.25) is 0 Å². The molecule has 1 aromatic rings. The van der Waals surface area contributed by atoms with Crippen LogP contribution in [0.5, 0.6) is 0 Å². The maximum absolute atomic E-state index is 9.26. The molecule has 0 aliphatic heterocycles. The zero-order valence-electron chi connectivity index (χ0n) is 12.9. The predicted octanol–water partition coefficient (Wildman–Crippen LogP) is 4.49. The van der Waals surface area contributed by atoms with E-state index in [1.54, 1.807) is 0 Å². The monoisotopic (exact) mass is 286 g/mol. The summed E-state index contributed by atoms with van der Waals surface area (Å²) >= 11 is 0. The van der Waals surface area contributed by atoms with Gasteiger partial charge in [-0.05, 0) is 48.8 Å². The van der Waals surface area contributed by atoms with E-state index in [1.165, 1.54) is 16.7 Å². The topological polar surface area (TPSA) is 47.6 Å². The second-order valence-corrected chi connectivity index (χ2v) is 6.19. The molecule has 0 saturated carbocycles. The highest BCUT2D eigenvalue weighted by atomic mass is 14.4. The fraction of sp³-hybridized carbons (Fsp3) is 0.300. The van der Waals surface area contributed by atoms with Crippen LogP contribution < -0.4 is 0 Å². The molecule has 0 spiro atoms. The third-order valence-electron chi connectivity index (χ3n) is 4.75. The first-order chi connectivity index (χ1) is 10.6. The van der Waals surface area contributed by atoms with Crippen LogP contribution in [0.3, 0.4) is 0 Å². The van der Waals surface area contributed by atoms with Crippen LogP contribution in [0.15, 0.2) is 53.6 Å². The van der Waals surface area contributed by atoms with E-state index in [4.69, 9.17) is 0 Å². The normalized spacial score (nSPS) is 25.5. The quantitative estimate of drug-likeness (QED) is 0.564. The molecule has 2 nitrogen and oxygen atoms in total. The molecule has 3 atom stereocenters. The molecule has 3 unspecified atom stereocenters. The van der Waals surface area contributed by atoms with Crippen LogP contribution in [-0.2, 0) is 0 Å². The highest BCUT2D eigenvalue weighted by Gasteiger charge is 2.33. The summed E-state index contributed by atoms with van der Waals surface area (Å²) < 4.78 is 0. The summed E-state index contributed by atoms with van der Waals surface area (Å²) in [6.45, 7) is 4.25. The molecular formula is C20H18N2. The standard InChI is InChI=1S/C20H18N2/c1-13-3-4-14(2)19(9-13)20-10-15-5-7-17(16(11-21)12-22)18(20)8-6-15/h3-9,15,18,20H,10H2,1-2H3.